The molecule has 116 valence electrons. The van der Waals surface area contributed by atoms with Gasteiger partial charge in [-0.3, -0.25) is 4.98 Å². The molecule has 2 aliphatic rings. The molecule has 0 aromatic carbocycles. The Labute approximate surface area is 136 Å². The summed E-state index contributed by atoms with van der Waals surface area (Å²) < 4.78 is 0. The van der Waals surface area contributed by atoms with Gasteiger partial charge in [-0.25, -0.2) is 0 Å². The third kappa shape index (κ3) is 2.66. The van der Waals surface area contributed by atoms with Crippen LogP contribution in [0, 0.1) is 0 Å². The Morgan fingerprint density at radius 3 is 3.09 bits per heavy atom. The first-order chi connectivity index (χ1) is 10.9. The fourth-order valence-electron chi connectivity index (χ4n) is 3.50. The van der Waals surface area contributed by atoms with E-state index in [0.29, 0.717) is 6.04 Å². The maximum absolute atomic E-state index is 4.76. The molecule has 2 aromatic rings. The van der Waals surface area contributed by atoms with Crippen molar-refractivity contribution in [3.8, 4) is 0 Å². The molecular formula is C18H23N3S. The van der Waals surface area contributed by atoms with Crippen LogP contribution >= 0.6 is 11.3 Å². The molecule has 0 bridgehead atoms. The van der Waals surface area contributed by atoms with Crippen molar-refractivity contribution >= 4 is 17.0 Å². The van der Waals surface area contributed by atoms with Crippen LogP contribution in [0.5, 0.6) is 0 Å². The molecule has 1 aliphatic heterocycles. The molecule has 0 radical (unpaired) electrons. The Morgan fingerprint density at radius 2 is 2.36 bits per heavy atom. The van der Waals surface area contributed by atoms with Gasteiger partial charge >= 0.3 is 0 Å². The quantitative estimate of drug-likeness (QED) is 0.880. The van der Waals surface area contributed by atoms with E-state index in [9.17, 15) is 0 Å². The number of pyridine rings is 1. The van der Waals surface area contributed by atoms with E-state index in [2.05, 4.69) is 39.3 Å². The van der Waals surface area contributed by atoms with Crippen LogP contribution in [0.15, 0.2) is 29.1 Å². The summed E-state index contributed by atoms with van der Waals surface area (Å²) in [6.07, 6.45) is 7.02. The molecule has 4 rings (SSSR count). The molecule has 0 unspecified atom stereocenters. The highest BCUT2D eigenvalue weighted by Crippen LogP contribution is 2.43. The van der Waals surface area contributed by atoms with Crippen molar-refractivity contribution in [2.45, 2.75) is 37.6 Å². The van der Waals surface area contributed by atoms with E-state index in [1.54, 1.807) is 11.3 Å². The van der Waals surface area contributed by atoms with Crippen molar-refractivity contribution in [3.05, 3.63) is 45.9 Å². The lowest BCUT2D eigenvalue weighted by molar-refractivity contribution is 0.570. The van der Waals surface area contributed by atoms with Crippen LogP contribution in [-0.2, 0) is 6.42 Å². The van der Waals surface area contributed by atoms with Crippen LogP contribution in [0.3, 0.4) is 0 Å². The first-order valence-electron chi connectivity index (χ1n) is 8.29. The van der Waals surface area contributed by atoms with Crippen molar-refractivity contribution in [3.63, 3.8) is 0 Å². The second-order valence-electron chi connectivity index (χ2n) is 6.42. The number of hydrogen-bond donors (Lipinski definition) is 1. The van der Waals surface area contributed by atoms with Crippen LogP contribution in [-0.4, -0.2) is 25.1 Å². The predicted molar refractivity (Wildman–Crippen MR) is 92.9 cm³/mol. The normalized spacial score (nSPS) is 18.5. The lowest BCUT2D eigenvalue weighted by Gasteiger charge is -2.30. The Hall–Kier alpha value is -1.39. The molecule has 3 heterocycles. The zero-order valence-electron chi connectivity index (χ0n) is 13.1. The fraction of sp³-hybridized carbons (Fsp3) is 0.500. The molecule has 4 heteroatoms. The van der Waals surface area contributed by atoms with Crippen molar-refractivity contribution in [1.29, 1.82) is 0 Å². The van der Waals surface area contributed by atoms with Crippen LogP contribution in [0.4, 0.5) is 5.69 Å². The average Bonchev–Trinajstić information content (AvgIpc) is 3.09. The summed E-state index contributed by atoms with van der Waals surface area (Å²) in [4.78, 5) is 7.35. The zero-order valence-corrected chi connectivity index (χ0v) is 13.9. The number of hydrogen-bond acceptors (Lipinski definition) is 4. The van der Waals surface area contributed by atoms with Gasteiger partial charge in [0, 0.05) is 19.2 Å². The number of nitrogens with zero attached hydrogens (tertiary/aromatic N) is 2. The summed E-state index contributed by atoms with van der Waals surface area (Å²) in [6, 6.07) is 5.17. The molecule has 1 atom stereocenters. The largest absolute Gasteiger partial charge is 0.363 e. The Bertz CT molecular complexity index is 634. The van der Waals surface area contributed by atoms with E-state index in [1.807, 2.05) is 7.05 Å². The molecule has 0 amide bonds. The van der Waals surface area contributed by atoms with E-state index in [1.165, 1.54) is 35.3 Å². The smallest absolute Gasteiger partial charge is 0.0654 e. The van der Waals surface area contributed by atoms with Crippen molar-refractivity contribution in [1.82, 2.24) is 10.3 Å². The maximum Gasteiger partial charge on any atom is 0.0654 e. The molecular weight excluding hydrogens is 290 g/mol. The van der Waals surface area contributed by atoms with Crippen molar-refractivity contribution in [2.75, 3.05) is 25.0 Å². The summed E-state index contributed by atoms with van der Waals surface area (Å²) in [5.74, 6) is 0.775. The number of nitrogens with one attached hydrogen (secondary N) is 1. The first-order valence-corrected chi connectivity index (χ1v) is 9.23. The maximum atomic E-state index is 4.76. The molecule has 1 N–H and O–H groups in total. The van der Waals surface area contributed by atoms with Gasteiger partial charge < -0.3 is 10.2 Å². The average molecular weight is 313 g/mol. The molecule has 2 aromatic heterocycles. The zero-order chi connectivity index (χ0) is 14.9. The second kappa shape index (κ2) is 6.01. The Kier molecular flexibility index (Phi) is 3.89. The molecule has 1 fully saturated rings. The molecule has 1 aliphatic carbocycles. The lowest BCUT2D eigenvalue weighted by atomic mass is 10.0. The highest BCUT2D eigenvalue weighted by atomic mass is 32.1. The van der Waals surface area contributed by atoms with Crippen molar-refractivity contribution in [2.24, 2.45) is 0 Å². The standard InChI is InChI=1S/C18H23N3S/c1-19-7-4-17(14-6-9-22-12-14)21-8-5-16-18(21)10-15(11-20-16)13-2-3-13/h6,9-13,17,19H,2-5,7-8H2,1H3/t17-/m0/s1. The third-order valence-corrected chi connectivity index (χ3v) is 5.59. The van der Waals surface area contributed by atoms with Crippen LogP contribution in [0.2, 0.25) is 0 Å². The topological polar surface area (TPSA) is 28.2 Å². The van der Waals surface area contributed by atoms with Crippen LogP contribution in [0.25, 0.3) is 0 Å². The van der Waals surface area contributed by atoms with Gasteiger partial charge in [0.1, 0.15) is 0 Å². The Balaban J connectivity index is 1.65. The van der Waals surface area contributed by atoms with E-state index >= 15 is 0 Å². The van der Waals surface area contributed by atoms with Gasteiger partial charge in [-0.2, -0.15) is 11.3 Å². The molecule has 0 spiro atoms. The molecule has 1 saturated carbocycles. The lowest BCUT2D eigenvalue weighted by Crippen LogP contribution is -2.29. The molecule has 22 heavy (non-hydrogen) atoms. The van der Waals surface area contributed by atoms with Crippen molar-refractivity contribution < 1.29 is 0 Å². The van der Waals surface area contributed by atoms with Gasteiger partial charge in [-0.1, -0.05) is 0 Å². The third-order valence-electron chi connectivity index (χ3n) is 4.89. The molecule has 0 saturated heterocycles. The highest BCUT2D eigenvalue weighted by molar-refractivity contribution is 7.08. The van der Waals surface area contributed by atoms with E-state index in [-0.39, 0.29) is 0 Å². The number of thiophene rings is 1. The summed E-state index contributed by atoms with van der Waals surface area (Å²) >= 11 is 1.80. The number of anilines is 1. The minimum absolute atomic E-state index is 0.469. The highest BCUT2D eigenvalue weighted by Gasteiger charge is 2.31. The predicted octanol–water partition coefficient (Wildman–Crippen LogP) is 3.73. The van der Waals surface area contributed by atoms with E-state index < -0.39 is 0 Å². The second-order valence-corrected chi connectivity index (χ2v) is 7.20. The van der Waals surface area contributed by atoms with Gasteiger partial charge in [-0.05, 0) is 72.8 Å². The first kappa shape index (κ1) is 14.2. The molecule has 3 nitrogen and oxygen atoms in total. The summed E-state index contributed by atoms with van der Waals surface area (Å²) in [5, 5.41) is 7.80. The monoisotopic (exact) mass is 313 g/mol. The van der Waals surface area contributed by atoms with Gasteiger partial charge in [0.25, 0.3) is 0 Å². The van der Waals surface area contributed by atoms with E-state index in [4.69, 9.17) is 4.98 Å². The van der Waals surface area contributed by atoms with Gasteiger partial charge in [0.15, 0.2) is 0 Å². The van der Waals surface area contributed by atoms with E-state index in [0.717, 1.165) is 31.8 Å². The number of rotatable bonds is 6. The van der Waals surface area contributed by atoms with Gasteiger partial charge in [0.2, 0.25) is 0 Å². The summed E-state index contributed by atoms with van der Waals surface area (Å²) in [7, 11) is 2.04. The minimum Gasteiger partial charge on any atom is -0.363 e. The Morgan fingerprint density at radius 1 is 1.45 bits per heavy atom. The van der Waals surface area contributed by atoms with Gasteiger partial charge in [0.05, 0.1) is 17.4 Å². The van der Waals surface area contributed by atoms with Crippen LogP contribution in [0.1, 0.15) is 48.0 Å². The summed E-state index contributed by atoms with van der Waals surface area (Å²) in [6.45, 7) is 2.14. The van der Waals surface area contributed by atoms with Crippen LogP contribution < -0.4 is 10.2 Å². The summed E-state index contributed by atoms with van der Waals surface area (Å²) in [5.41, 5.74) is 5.57. The SMILES string of the molecule is CNCC[C@@H](c1ccsc1)N1CCc2ncc(C3CC3)cc21. The minimum atomic E-state index is 0.469. The number of aromatic nitrogens is 1. The number of fused-ring (bicyclic) bond motifs is 1. The van der Waals surface area contributed by atoms with Gasteiger partial charge in [-0.15, -0.1) is 0 Å². The fourth-order valence-corrected chi connectivity index (χ4v) is 4.20.